The van der Waals surface area contributed by atoms with Crippen LogP contribution in [0.3, 0.4) is 0 Å². The first-order valence-corrected chi connectivity index (χ1v) is 7.72. The van der Waals surface area contributed by atoms with E-state index >= 15 is 0 Å². The third-order valence-corrected chi connectivity index (χ3v) is 4.36. The molecular weight excluding hydrogens is 246 g/mol. The fourth-order valence-corrected chi connectivity index (χ4v) is 3.18. The highest BCUT2D eigenvalue weighted by Gasteiger charge is 2.11. The number of fused-ring (bicyclic) bond motifs is 1. The molecule has 0 unspecified atom stereocenters. The Kier molecular flexibility index (Phi) is 4.08. The van der Waals surface area contributed by atoms with Gasteiger partial charge >= 0.3 is 0 Å². The van der Waals surface area contributed by atoms with Gasteiger partial charge in [0.15, 0.2) is 0 Å². The van der Waals surface area contributed by atoms with Crippen molar-refractivity contribution in [1.29, 1.82) is 0 Å². The van der Waals surface area contributed by atoms with Crippen LogP contribution in [0.5, 0.6) is 0 Å². The third kappa shape index (κ3) is 2.89. The second-order valence-corrected chi connectivity index (χ2v) is 5.98. The number of benzene rings is 1. The van der Waals surface area contributed by atoms with Crippen molar-refractivity contribution in [3.63, 3.8) is 0 Å². The predicted octanol–water partition coefficient (Wildman–Crippen LogP) is 2.32. The summed E-state index contributed by atoms with van der Waals surface area (Å²) in [5, 5.41) is 4.89. The highest BCUT2D eigenvalue weighted by atomic mass is 15.1. The van der Waals surface area contributed by atoms with E-state index in [2.05, 4.69) is 53.2 Å². The number of nitrogens with one attached hydrogen (secondary N) is 1. The largest absolute Gasteiger partial charge is 0.350 e. The zero-order valence-electron chi connectivity index (χ0n) is 12.7. The molecule has 1 aliphatic rings. The van der Waals surface area contributed by atoms with Crippen LogP contribution in [0.4, 0.5) is 0 Å². The monoisotopic (exact) mass is 271 g/mol. The van der Waals surface area contributed by atoms with E-state index in [9.17, 15) is 0 Å². The van der Waals surface area contributed by atoms with Crippen molar-refractivity contribution >= 4 is 10.9 Å². The molecule has 1 fully saturated rings. The van der Waals surface area contributed by atoms with Crippen LogP contribution < -0.4 is 5.32 Å². The van der Waals surface area contributed by atoms with Gasteiger partial charge in [0.2, 0.25) is 0 Å². The molecule has 1 N–H and O–H groups in total. The van der Waals surface area contributed by atoms with E-state index in [1.807, 2.05) is 0 Å². The van der Waals surface area contributed by atoms with Gasteiger partial charge in [-0.05, 0) is 50.0 Å². The predicted molar refractivity (Wildman–Crippen MR) is 85.3 cm³/mol. The molecule has 1 aromatic heterocycles. The molecule has 0 atom stereocenters. The zero-order valence-corrected chi connectivity index (χ0v) is 12.7. The lowest BCUT2D eigenvalue weighted by atomic mass is 10.1. The highest BCUT2D eigenvalue weighted by Crippen LogP contribution is 2.22. The van der Waals surface area contributed by atoms with Crippen molar-refractivity contribution < 1.29 is 0 Å². The van der Waals surface area contributed by atoms with Gasteiger partial charge in [0.25, 0.3) is 0 Å². The molecule has 0 radical (unpaired) electrons. The van der Waals surface area contributed by atoms with Crippen molar-refractivity contribution in [2.45, 2.75) is 19.8 Å². The molecule has 0 amide bonds. The summed E-state index contributed by atoms with van der Waals surface area (Å²) in [6.45, 7) is 8.06. The molecular formula is C17H25N3. The number of aromatic nitrogens is 1. The molecule has 3 rings (SSSR count). The van der Waals surface area contributed by atoms with Gasteiger partial charge in [0, 0.05) is 43.8 Å². The van der Waals surface area contributed by atoms with E-state index in [-0.39, 0.29) is 0 Å². The average molecular weight is 271 g/mol. The smallest absolute Gasteiger partial charge is 0.0483 e. The SMILES string of the molecule is Cc1ccc2c(CCN3CCCNCC3)cn(C)c2c1. The molecule has 2 heterocycles. The summed E-state index contributed by atoms with van der Waals surface area (Å²) in [4.78, 5) is 2.59. The highest BCUT2D eigenvalue weighted by molar-refractivity contribution is 5.84. The fourth-order valence-electron chi connectivity index (χ4n) is 3.18. The Bertz CT molecular complexity index is 577. The Morgan fingerprint density at radius 1 is 1.20 bits per heavy atom. The molecule has 0 bridgehead atoms. The maximum atomic E-state index is 3.47. The summed E-state index contributed by atoms with van der Waals surface area (Å²) in [7, 11) is 2.15. The molecule has 0 aliphatic carbocycles. The van der Waals surface area contributed by atoms with E-state index in [1.54, 1.807) is 0 Å². The molecule has 0 spiro atoms. The molecule has 3 heteroatoms. The number of aryl methyl sites for hydroxylation is 2. The van der Waals surface area contributed by atoms with Crippen LogP contribution in [0.2, 0.25) is 0 Å². The maximum absolute atomic E-state index is 3.47. The average Bonchev–Trinajstić information content (AvgIpc) is 2.64. The van der Waals surface area contributed by atoms with E-state index in [0.29, 0.717) is 0 Å². The normalized spacial score (nSPS) is 17.5. The standard InChI is InChI=1S/C17H25N3/c1-14-4-5-16-15(13-19(2)17(16)12-14)6-10-20-9-3-7-18-8-11-20/h4-5,12-13,18H,3,6-11H2,1-2H3. The van der Waals surface area contributed by atoms with E-state index in [4.69, 9.17) is 0 Å². The number of rotatable bonds is 3. The molecule has 2 aromatic rings. The molecule has 1 aromatic carbocycles. The van der Waals surface area contributed by atoms with Crippen LogP contribution >= 0.6 is 0 Å². The first-order valence-electron chi connectivity index (χ1n) is 7.72. The van der Waals surface area contributed by atoms with Crippen molar-refractivity contribution in [3.05, 3.63) is 35.5 Å². The molecule has 1 aliphatic heterocycles. The second kappa shape index (κ2) is 5.98. The summed E-state index contributed by atoms with van der Waals surface area (Å²) in [6.07, 6.45) is 4.73. The Labute approximate surface area is 121 Å². The van der Waals surface area contributed by atoms with E-state index < -0.39 is 0 Å². The lowest BCUT2D eigenvalue weighted by Crippen LogP contribution is -2.30. The van der Waals surface area contributed by atoms with Crippen LogP contribution in [0.15, 0.2) is 24.4 Å². The van der Waals surface area contributed by atoms with Crippen LogP contribution in [0, 0.1) is 6.92 Å². The topological polar surface area (TPSA) is 20.2 Å². The van der Waals surface area contributed by atoms with Crippen LogP contribution in [-0.2, 0) is 13.5 Å². The van der Waals surface area contributed by atoms with Crippen LogP contribution in [0.25, 0.3) is 10.9 Å². The minimum Gasteiger partial charge on any atom is -0.350 e. The minimum atomic E-state index is 1.13. The van der Waals surface area contributed by atoms with Gasteiger partial charge in [0.1, 0.15) is 0 Å². The molecule has 20 heavy (non-hydrogen) atoms. The van der Waals surface area contributed by atoms with E-state index in [0.717, 1.165) is 13.0 Å². The first kappa shape index (κ1) is 13.7. The van der Waals surface area contributed by atoms with Crippen molar-refractivity contribution in [2.24, 2.45) is 7.05 Å². The Hall–Kier alpha value is -1.32. The molecule has 1 saturated heterocycles. The summed E-state index contributed by atoms with van der Waals surface area (Å²) in [6, 6.07) is 6.79. The van der Waals surface area contributed by atoms with Gasteiger partial charge in [-0.25, -0.2) is 0 Å². The Morgan fingerprint density at radius 3 is 3.00 bits per heavy atom. The first-order chi connectivity index (χ1) is 9.74. The maximum Gasteiger partial charge on any atom is 0.0483 e. The number of hydrogen-bond donors (Lipinski definition) is 1. The quantitative estimate of drug-likeness (QED) is 0.924. The third-order valence-electron chi connectivity index (χ3n) is 4.36. The van der Waals surface area contributed by atoms with E-state index in [1.165, 1.54) is 54.6 Å². The van der Waals surface area contributed by atoms with Crippen LogP contribution in [-0.4, -0.2) is 42.2 Å². The number of nitrogens with zero attached hydrogens (tertiary/aromatic N) is 2. The van der Waals surface area contributed by atoms with Gasteiger partial charge in [-0.3, -0.25) is 0 Å². The summed E-state index contributed by atoms with van der Waals surface area (Å²) in [5.74, 6) is 0. The van der Waals surface area contributed by atoms with Crippen LogP contribution in [0.1, 0.15) is 17.5 Å². The lowest BCUT2D eigenvalue weighted by molar-refractivity contribution is 0.296. The second-order valence-electron chi connectivity index (χ2n) is 5.98. The molecule has 0 saturated carbocycles. The van der Waals surface area contributed by atoms with Gasteiger partial charge in [-0.2, -0.15) is 0 Å². The molecule has 108 valence electrons. The summed E-state index contributed by atoms with van der Waals surface area (Å²) < 4.78 is 2.27. The van der Waals surface area contributed by atoms with Gasteiger partial charge in [-0.15, -0.1) is 0 Å². The summed E-state index contributed by atoms with van der Waals surface area (Å²) >= 11 is 0. The Morgan fingerprint density at radius 2 is 2.10 bits per heavy atom. The number of hydrogen-bond acceptors (Lipinski definition) is 2. The van der Waals surface area contributed by atoms with Crippen molar-refractivity contribution in [3.8, 4) is 0 Å². The molecule has 3 nitrogen and oxygen atoms in total. The van der Waals surface area contributed by atoms with Crippen molar-refractivity contribution in [2.75, 3.05) is 32.7 Å². The minimum absolute atomic E-state index is 1.13. The van der Waals surface area contributed by atoms with Crippen molar-refractivity contribution in [1.82, 2.24) is 14.8 Å². The van der Waals surface area contributed by atoms with Gasteiger partial charge < -0.3 is 14.8 Å². The van der Waals surface area contributed by atoms with Gasteiger partial charge in [-0.1, -0.05) is 12.1 Å². The lowest BCUT2D eigenvalue weighted by Gasteiger charge is -2.18. The fraction of sp³-hybridized carbons (Fsp3) is 0.529. The van der Waals surface area contributed by atoms with Gasteiger partial charge in [0.05, 0.1) is 0 Å². The zero-order chi connectivity index (χ0) is 13.9. The Balaban J connectivity index is 1.74. The summed E-state index contributed by atoms with van der Waals surface area (Å²) in [5.41, 5.74) is 4.18.